The molecule has 0 amide bonds. The summed E-state index contributed by atoms with van der Waals surface area (Å²) in [7, 11) is -4.25. The van der Waals surface area contributed by atoms with Crippen LogP contribution in [0.1, 0.15) is 11.5 Å². The van der Waals surface area contributed by atoms with Gasteiger partial charge in [-0.25, -0.2) is 13.6 Å². The summed E-state index contributed by atoms with van der Waals surface area (Å²) in [5, 5.41) is 7.70. The predicted octanol–water partition coefficient (Wildman–Crippen LogP) is 3.09. The summed E-state index contributed by atoms with van der Waals surface area (Å²) in [5.41, 5.74) is 0.140. The van der Waals surface area contributed by atoms with Crippen LogP contribution in [0.25, 0.3) is 0 Å². The molecule has 1 atom stereocenters. The van der Waals surface area contributed by atoms with Gasteiger partial charge in [0.15, 0.2) is 0 Å². The van der Waals surface area contributed by atoms with Crippen LogP contribution < -0.4 is 10.5 Å². The van der Waals surface area contributed by atoms with Crippen molar-refractivity contribution in [3.8, 4) is 0 Å². The first kappa shape index (κ1) is 17.3. The molecule has 0 saturated carbocycles. The summed E-state index contributed by atoms with van der Waals surface area (Å²) in [6.45, 7) is -0.500. The molecule has 1 unspecified atom stereocenters. The monoisotopic (exact) mass is 344 g/mol. The maximum atomic E-state index is 13.4. The van der Waals surface area contributed by atoms with E-state index in [1.807, 2.05) is 0 Å². The zero-order valence-corrected chi connectivity index (χ0v) is 12.7. The third-order valence-corrected chi connectivity index (χ3v) is 4.27. The molecule has 0 spiro atoms. The number of rotatable bonds is 5. The molecule has 124 valence electrons. The van der Waals surface area contributed by atoms with Gasteiger partial charge < -0.3 is 5.32 Å². The van der Waals surface area contributed by atoms with Gasteiger partial charge in [0.05, 0.1) is 10.8 Å². The zero-order valence-electron chi connectivity index (χ0n) is 11.9. The molecule has 0 aliphatic rings. The Kier molecular flexibility index (Phi) is 4.96. The maximum absolute atomic E-state index is 13.4. The second-order valence-corrected chi connectivity index (χ2v) is 6.45. The van der Waals surface area contributed by atoms with Gasteiger partial charge in [-0.1, -0.05) is 36.4 Å². The van der Waals surface area contributed by atoms with Crippen LogP contribution in [-0.4, -0.2) is 21.1 Å². The number of primary sulfonamides is 1. The standard InChI is InChI=1S/C15H15F3N2O2S/c16-15(17,18)13(10-20-11-6-2-1-3-7-11)12-8-4-5-9-14(12)23(19,21)22/h1-9,13,20H,10H2,(H2,19,21,22). The van der Waals surface area contributed by atoms with Crippen molar-refractivity contribution >= 4 is 15.7 Å². The molecule has 0 saturated heterocycles. The number of sulfonamides is 1. The number of hydrogen-bond acceptors (Lipinski definition) is 3. The Morgan fingerprint density at radius 1 is 1.00 bits per heavy atom. The lowest BCUT2D eigenvalue weighted by molar-refractivity contribution is -0.147. The molecule has 8 heteroatoms. The maximum Gasteiger partial charge on any atom is 0.397 e. The second-order valence-electron chi connectivity index (χ2n) is 4.92. The Labute approximate surface area is 132 Å². The molecule has 4 nitrogen and oxygen atoms in total. The van der Waals surface area contributed by atoms with Crippen molar-refractivity contribution in [1.29, 1.82) is 0 Å². The van der Waals surface area contributed by atoms with Crippen molar-refractivity contribution in [3.05, 3.63) is 60.2 Å². The summed E-state index contributed by atoms with van der Waals surface area (Å²) < 4.78 is 63.3. The summed E-state index contributed by atoms with van der Waals surface area (Å²) in [6.07, 6.45) is -4.62. The number of nitrogens with one attached hydrogen (secondary N) is 1. The van der Waals surface area contributed by atoms with Crippen LogP contribution in [-0.2, 0) is 10.0 Å². The van der Waals surface area contributed by atoms with Gasteiger partial charge in [0, 0.05) is 12.2 Å². The molecule has 2 aromatic carbocycles. The van der Waals surface area contributed by atoms with Gasteiger partial charge in [-0.3, -0.25) is 0 Å². The average Bonchev–Trinajstić information content (AvgIpc) is 2.46. The molecule has 2 aromatic rings. The molecule has 23 heavy (non-hydrogen) atoms. The molecular weight excluding hydrogens is 329 g/mol. The van der Waals surface area contributed by atoms with E-state index in [2.05, 4.69) is 5.32 Å². The molecule has 0 heterocycles. The van der Waals surface area contributed by atoms with Crippen LogP contribution in [0.5, 0.6) is 0 Å². The van der Waals surface area contributed by atoms with Crippen LogP contribution in [0, 0.1) is 0 Å². The highest BCUT2D eigenvalue weighted by Gasteiger charge is 2.42. The van der Waals surface area contributed by atoms with Crippen molar-refractivity contribution in [3.63, 3.8) is 0 Å². The Hall–Kier alpha value is -2.06. The van der Waals surface area contributed by atoms with Crippen LogP contribution in [0.2, 0.25) is 0 Å². The quantitative estimate of drug-likeness (QED) is 0.875. The molecule has 0 aromatic heterocycles. The van der Waals surface area contributed by atoms with Gasteiger partial charge in [-0.05, 0) is 23.8 Å². The van der Waals surface area contributed by atoms with E-state index in [0.717, 1.165) is 12.1 Å². The van der Waals surface area contributed by atoms with Gasteiger partial charge in [0.2, 0.25) is 10.0 Å². The van der Waals surface area contributed by atoms with Crippen molar-refractivity contribution < 1.29 is 21.6 Å². The predicted molar refractivity (Wildman–Crippen MR) is 81.5 cm³/mol. The van der Waals surface area contributed by atoms with E-state index < -0.39 is 33.6 Å². The van der Waals surface area contributed by atoms with Gasteiger partial charge in [-0.15, -0.1) is 0 Å². The topological polar surface area (TPSA) is 72.2 Å². The van der Waals surface area contributed by atoms with Crippen molar-refractivity contribution in [2.75, 3.05) is 11.9 Å². The largest absolute Gasteiger partial charge is 0.397 e. The number of anilines is 1. The number of hydrogen-bond donors (Lipinski definition) is 2. The highest BCUT2D eigenvalue weighted by molar-refractivity contribution is 7.89. The molecule has 0 aliphatic heterocycles. The van der Waals surface area contributed by atoms with Crippen molar-refractivity contribution in [1.82, 2.24) is 0 Å². The number of benzene rings is 2. The minimum Gasteiger partial charge on any atom is -0.384 e. The first-order valence-corrected chi connectivity index (χ1v) is 8.21. The smallest absolute Gasteiger partial charge is 0.384 e. The zero-order chi connectivity index (χ0) is 17.1. The molecule has 3 N–H and O–H groups in total. The molecule has 0 fully saturated rings. The van der Waals surface area contributed by atoms with E-state index in [4.69, 9.17) is 5.14 Å². The molecular formula is C15H15F3N2O2S. The number of alkyl halides is 3. The lowest BCUT2D eigenvalue weighted by Gasteiger charge is -2.23. The Morgan fingerprint density at radius 3 is 2.13 bits per heavy atom. The van der Waals surface area contributed by atoms with E-state index in [-0.39, 0.29) is 5.56 Å². The first-order chi connectivity index (χ1) is 10.7. The number of para-hydroxylation sites is 1. The highest BCUT2D eigenvalue weighted by atomic mass is 32.2. The number of halogens is 3. The van der Waals surface area contributed by atoms with E-state index in [9.17, 15) is 21.6 Å². The van der Waals surface area contributed by atoms with Gasteiger partial charge in [-0.2, -0.15) is 13.2 Å². The van der Waals surface area contributed by atoms with Crippen molar-refractivity contribution in [2.45, 2.75) is 17.0 Å². The summed E-state index contributed by atoms with van der Waals surface area (Å²) in [5.74, 6) is -2.00. The second kappa shape index (κ2) is 6.59. The Morgan fingerprint density at radius 2 is 1.57 bits per heavy atom. The van der Waals surface area contributed by atoms with E-state index in [0.29, 0.717) is 5.69 Å². The minimum absolute atomic E-state index is 0.370. The number of nitrogens with two attached hydrogens (primary N) is 1. The van der Waals surface area contributed by atoms with Gasteiger partial charge in [0.25, 0.3) is 0 Å². The Bertz CT molecular complexity index is 762. The fourth-order valence-corrected chi connectivity index (χ4v) is 3.01. The fourth-order valence-electron chi connectivity index (χ4n) is 2.21. The molecule has 0 aliphatic carbocycles. The summed E-state index contributed by atoms with van der Waals surface area (Å²) in [6, 6.07) is 13.2. The van der Waals surface area contributed by atoms with Crippen LogP contribution in [0.3, 0.4) is 0 Å². The molecule has 0 radical (unpaired) electrons. The lowest BCUT2D eigenvalue weighted by Crippen LogP contribution is -2.30. The summed E-state index contributed by atoms with van der Waals surface area (Å²) >= 11 is 0. The van der Waals surface area contributed by atoms with Gasteiger partial charge >= 0.3 is 6.18 Å². The summed E-state index contributed by atoms with van der Waals surface area (Å²) in [4.78, 5) is -0.516. The Balaban J connectivity index is 2.37. The SMILES string of the molecule is NS(=O)(=O)c1ccccc1C(CNc1ccccc1)C(F)(F)F. The molecule has 2 rings (SSSR count). The van der Waals surface area contributed by atoms with E-state index in [1.54, 1.807) is 30.3 Å². The van der Waals surface area contributed by atoms with Gasteiger partial charge in [0.1, 0.15) is 0 Å². The minimum atomic E-state index is -4.62. The third kappa shape index (κ3) is 4.46. The van der Waals surface area contributed by atoms with Crippen LogP contribution in [0.15, 0.2) is 59.5 Å². The van der Waals surface area contributed by atoms with Crippen LogP contribution in [0.4, 0.5) is 18.9 Å². The fraction of sp³-hybridized carbons (Fsp3) is 0.200. The third-order valence-electron chi connectivity index (χ3n) is 3.28. The first-order valence-electron chi connectivity index (χ1n) is 6.67. The average molecular weight is 344 g/mol. The van der Waals surface area contributed by atoms with E-state index >= 15 is 0 Å². The van der Waals surface area contributed by atoms with Crippen molar-refractivity contribution in [2.24, 2.45) is 5.14 Å². The van der Waals surface area contributed by atoms with Crippen LogP contribution >= 0.6 is 0 Å². The lowest BCUT2D eigenvalue weighted by atomic mass is 9.98. The molecule has 0 bridgehead atoms. The normalized spacial score (nSPS) is 13.6. The van der Waals surface area contributed by atoms with E-state index in [1.165, 1.54) is 12.1 Å². The highest BCUT2D eigenvalue weighted by Crippen LogP contribution is 2.37.